The van der Waals surface area contributed by atoms with E-state index in [1.807, 2.05) is 13.8 Å². The number of hydrogen-bond acceptors (Lipinski definition) is 5. The second-order valence-corrected chi connectivity index (χ2v) is 6.00. The molecule has 0 N–H and O–H groups in total. The van der Waals surface area contributed by atoms with Crippen LogP contribution in [0.2, 0.25) is 0 Å². The Kier molecular flexibility index (Phi) is 5.17. The lowest BCUT2D eigenvalue weighted by Crippen LogP contribution is -2.38. The van der Waals surface area contributed by atoms with Crippen molar-refractivity contribution in [2.45, 2.75) is 32.8 Å². The second kappa shape index (κ2) is 6.88. The molecule has 1 aromatic rings. The van der Waals surface area contributed by atoms with Crippen LogP contribution in [0.3, 0.4) is 0 Å². The summed E-state index contributed by atoms with van der Waals surface area (Å²) in [6.45, 7) is 7.39. The number of anilines is 1. The predicted octanol–water partition coefficient (Wildman–Crippen LogP) is 2.04. The van der Waals surface area contributed by atoms with Crippen molar-refractivity contribution in [2.75, 3.05) is 38.6 Å². The number of piperidine rings is 1. The average molecular weight is 278 g/mol. The molecule has 5 heteroatoms. The Morgan fingerprint density at radius 2 is 2.15 bits per heavy atom. The highest BCUT2D eigenvalue weighted by molar-refractivity contribution is 5.47. The molecule has 1 atom stereocenters. The Balaban J connectivity index is 2.02. The summed E-state index contributed by atoms with van der Waals surface area (Å²) in [6.07, 6.45) is 6.09. The molecular weight excluding hydrogens is 252 g/mol. The molecule has 0 aromatic carbocycles. The molecule has 112 valence electrons. The van der Waals surface area contributed by atoms with Crippen LogP contribution in [0.5, 0.6) is 5.88 Å². The molecular formula is C15H26N4O. The average Bonchev–Trinajstić information content (AvgIpc) is 2.38. The Morgan fingerprint density at radius 1 is 1.40 bits per heavy atom. The van der Waals surface area contributed by atoms with Crippen molar-refractivity contribution in [3.8, 4) is 5.88 Å². The molecule has 1 fully saturated rings. The van der Waals surface area contributed by atoms with Crippen LogP contribution in [-0.2, 0) is 0 Å². The fourth-order valence-electron chi connectivity index (χ4n) is 2.78. The largest absolute Gasteiger partial charge is 0.472 e. The third kappa shape index (κ3) is 4.07. The van der Waals surface area contributed by atoms with E-state index in [0.29, 0.717) is 11.8 Å². The molecule has 0 spiro atoms. The molecule has 2 rings (SSSR count). The highest BCUT2D eigenvalue weighted by atomic mass is 16.5. The number of ether oxygens (including phenoxy) is 1. The summed E-state index contributed by atoms with van der Waals surface area (Å²) >= 11 is 0. The van der Waals surface area contributed by atoms with Gasteiger partial charge >= 0.3 is 0 Å². The Morgan fingerprint density at radius 3 is 2.85 bits per heavy atom. The van der Waals surface area contributed by atoms with Crippen molar-refractivity contribution in [3.05, 3.63) is 12.4 Å². The zero-order chi connectivity index (χ0) is 14.5. The molecule has 1 unspecified atom stereocenters. The molecule has 20 heavy (non-hydrogen) atoms. The molecule has 0 radical (unpaired) electrons. The first-order chi connectivity index (χ1) is 9.56. The Hall–Kier alpha value is -1.36. The van der Waals surface area contributed by atoms with Gasteiger partial charge in [0.25, 0.3) is 5.88 Å². The summed E-state index contributed by atoms with van der Waals surface area (Å²) < 4.78 is 5.75. The smallest absolute Gasteiger partial charge is 0.257 e. The molecule has 0 aliphatic carbocycles. The van der Waals surface area contributed by atoms with E-state index in [-0.39, 0.29) is 6.10 Å². The lowest BCUT2D eigenvalue weighted by molar-refractivity contribution is 0.211. The Bertz CT molecular complexity index is 424. The van der Waals surface area contributed by atoms with Crippen LogP contribution >= 0.6 is 0 Å². The van der Waals surface area contributed by atoms with Crippen molar-refractivity contribution in [3.63, 3.8) is 0 Å². The molecule has 2 heterocycles. The summed E-state index contributed by atoms with van der Waals surface area (Å²) in [5.41, 5.74) is 0. The minimum atomic E-state index is 0.111. The molecule has 1 aliphatic rings. The molecule has 0 amide bonds. The van der Waals surface area contributed by atoms with Gasteiger partial charge in [0.2, 0.25) is 0 Å². The fraction of sp³-hybridized carbons (Fsp3) is 0.733. The minimum absolute atomic E-state index is 0.111. The SMILES string of the molecule is CC(C)Oc1nccnc1N(C)CC1CCCN(C)C1. The summed E-state index contributed by atoms with van der Waals surface area (Å²) in [5.74, 6) is 2.16. The standard InChI is InChI=1S/C15H26N4O/c1-12(2)20-15-14(16-7-8-17-15)19(4)11-13-6-5-9-18(3)10-13/h7-8,12-13H,5-6,9-11H2,1-4H3. The van der Waals surface area contributed by atoms with Crippen LogP contribution in [0.25, 0.3) is 0 Å². The monoisotopic (exact) mass is 278 g/mol. The maximum atomic E-state index is 5.75. The van der Waals surface area contributed by atoms with Gasteiger partial charge in [0.05, 0.1) is 6.10 Å². The lowest BCUT2D eigenvalue weighted by atomic mass is 9.98. The van der Waals surface area contributed by atoms with E-state index in [0.717, 1.165) is 18.9 Å². The normalized spacial score (nSPS) is 20.1. The highest BCUT2D eigenvalue weighted by Gasteiger charge is 2.21. The van der Waals surface area contributed by atoms with Crippen LogP contribution in [-0.4, -0.2) is 54.7 Å². The molecule has 1 saturated heterocycles. The maximum absolute atomic E-state index is 5.75. The molecule has 1 aromatic heterocycles. The van der Waals surface area contributed by atoms with E-state index < -0.39 is 0 Å². The number of nitrogens with zero attached hydrogens (tertiary/aromatic N) is 4. The zero-order valence-corrected chi connectivity index (χ0v) is 13.0. The summed E-state index contributed by atoms with van der Waals surface area (Å²) in [5, 5.41) is 0. The van der Waals surface area contributed by atoms with Gasteiger partial charge in [-0.2, -0.15) is 0 Å². The van der Waals surface area contributed by atoms with Crippen molar-refractivity contribution >= 4 is 5.82 Å². The predicted molar refractivity (Wildman–Crippen MR) is 81.3 cm³/mol. The van der Waals surface area contributed by atoms with Crippen LogP contribution in [0.4, 0.5) is 5.82 Å². The number of aromatic nitrogens is 2. The number of rotatable bonds is 5. The van der Waals surface area contributed by atoms with Gasteiger partial charge in [-0.25, -0.2) is 9.97 Å². The second-order valence-electron chi connectivity index (χ2n) is 6.00. The van der Waals surface area contributed by atoms with E-state index in [4.69, 9.17) is 4.74 Å². The first-order valence-electron chi connectivity index (χ1n) is 7.43. The quantitative estimate of drug-likeness (QED) is 0.824. The third-order valence-corrected chi connectivity index (χ3v) is 3.61. The minimum Gasteiger partial charge on any atom is -0.472 e. The van der Waals surface area contributed by atoms with Crippen molar-refractivity contribution < 1.29 is 4.74 Å². The maximum Gasteiger partial charge on any atom is 0.257 e. The molecule has 0 saturated carbocycles. The summed E-state index contributed by atoms with van der Waals surface area (Å²) in [4.78, 5) is 13.3. The third-order valence-electron chi connectivity index (χ3n) is 3.61. The summed E-state index contributed by atoms with van der Waals surface area (Å²) in [7, 11) is 4.27. The van der Waals surface area contributed by atoms with Gasteiger partial charge in [-0.05, 0) is 46.2 Å². The van der Waals surface area contributed by atoms with Gasteiger partial charge < -0.3 is 14.5 Å². The van der Waals surface area contributed by atoms with Crippen LogP contribution < -0.4 is 9.64 Å². The lowest BCUT2D eigenvalue weighted by Gasteiger charge is -2.33. The van der Waals surface area contributed by atoms with Crippen molar-refractivity contribution in [1.29, 1.82) is 0 Å². The van der Waals surface area contributed by atoms with E-state index in [2.05, 4.69) is 33.9 Å². The Labute approximate surface area is 122 Å². The van der Waals surface area contributed by atoms with Gasteiger partial charge in [-0.1, -0.05) is 0 Å². The molecule has 1 aliphatic heterocycles. The molecule has 0 bridgehead atoms. The molecule has 5 nitrogen and oxygen atoms in total. The fourth-order valence-corrected chi connectivity index (χ4v) is 2.78. The highest BCUT2D eigenvalue weighted by Crippen LogP contribution is 2.25. The number of likely N-dealkylation sites (tertiary alicyclic amines) is 1. The van der Waals surface area contributed by atoms with E-state index in [1.54, 1.807) is 12.4 Å². The van der Waals surface area contributed by atoms with Crippen LogP contribution in [0.1, 0.15) is 26.7 Å². The van der Waals surface area contributed by atoms with Crippen LogP contribution in [0.15, 0.2) is 12.4 Å². The first-order valence-corrected chi connectivity index (χ1v) is 7.43. The van der Waals surface area contributed by atoms with Crippen molar-refractivity contribution in [1.82, 2.24) is 14.9 Å². The van der Waals surface area contributed by atoms with E-state index in [1.165, 1.54) is 19.4 Å². The van der Waals surface area contributed by atoms with Gasteiger partial charge in [-0.15, -0.1) is 0 Å². The topological polar surface area (TPSA) is 41.5 Å². The summed E-state index contributed by atoms with van der Waals surface area (Å²) in [6, 6.07) is 0. The zero-order valence-electron chi connectivity index (χ0n) is 13.0. The van der Waals surface area contributed by atoms with Gasteiger partial charge in [0, 0.05) is 32.5 Å². The van der Waals surface area contributed by atoms with Crippen molar-refractivity contribution in [2.24, 2.45) is 5.92 Å². The van der Waals surface area contributed by atoms with E-state index >= 15 is 0 Å². The van der Waals surface area contributed by atoms with Gasteiger partial charge in [0.15, 0.2) is 5.82 Å². The van der Waals surface area contributed by atoms with Gasteiger partial charge in [-0.3, -0.25) is 0 Å². The van der Waals surface area contributed by atoms with E-state index in [9.17, 15) is 0 Å². The first kappa shape index (κ1) is 15.0. The number of hydrogen-bond donors (Lipinski definition) is 0. The van der Waals surface area contributed by atoms with Crippen LogP contribution in [0, 0.1) is 5.92 Å². The van der Waals surface area contributed by atoms with Gasteiger partial charge in [0.1, 0.15) is 0 Å².